The van der Waals surface area contributed by atoms with Crippen molar-refractivity contribution in [1.82, 2.24) is 19.9 Å². The number of nitrogens with two attached hydrogens (primary N) is 1. The second-order valence-electron chi connectivity index (χ2n) is 6.90. The second-order valence-corrected chi connectivity index (χ2v) is 6.90. The van der Waals surface area contributed by atoms with Crippen LogP contribution in [0.15, 0.2) is 30.6 Å². The molecule has 1 fully saturated rings. The van der Waals surface area contributed by atoms with Crippen LogP contribution in [0.2, 0.25) is 0 Å². The third kappa shape index (κ3) is 2.98. The molecule has 8 nitrogen and oxygen atoms in total. The Morgan fingerprint density at radius 2 is 2.25 bits per heavy atom. The van der Waals surface area contributed by atoms with Crippen molar-refractivity contribution in [3.8, 4) is 11.4 Å². The first-order chi connectivity index (χ1) is 13.5. The van der Waals surface area contributed by atoms with E-state index in [2.05, 4.69) is 15.2 Å². The van der Waals surface area contributed by atoms with Crippen molar-refractivity contribution >= 4 is 28.5 Å². The second kappa shape index (κ2) is 6.99. The summed E-state index contributed by atoms with van der Waals surface area (Å²) < 4.78 is 16.1. The third-order valence-electron chi connectivity index (χ3n) is 5.22. The molecule has 28 heavy (non-hydrogen) atoms. The van der Waals surface area contributed by atoms with Gasteiger partial charge in [0.05, 0.1) is 28.7 Å². The van der Waals surface area contributed by atoms with Crippen molar-refractivity contribution in [2.75, 3.05) is 23.7 Å². The molecule has 1 aliphatic rings. The highest BCUT2D eigenvalue weighted by molar-refractivity contribution is 5.98. The van der Waals surface area contributed by atoms with Gasteiger partial charge in [0.15, 0.2) is 5.82 Å². The Hall–Kier alpha value is -3.36. The molecule has 2 aromatic heterocycles. The van der Waals surface area contributed by atoms with Gasteiger partial charge in [0.1, 0.15) is 11.3 Å². The molecule has 4 rings (SSSR count). The predicted molar refractivity (Wildman–Crippen MR) is 105 cm³/mol. The van der Waals surface area contributed by atoms with E-state index >= 15 is 0 Å². The molecule has 1 saturated heterocycles. The Morgan fingerprint density at radius 3 is 3.00 bits per heavy atom. The van der Waals surface area contributed by atoms with E-state index in [4.69, 9.17) is 15.8 Å². The average molecular weight is 384 g/mol. The van der Waals surface area contributed by atoms with E-state index in [1.807, 2.05) is 23.7 Å². The van der Waals surface area contributed by atoms with Gasteiger partial charge >= 0.3 is 6.09 Å². The van der Waals surface area contributed by atoms with Gasteiger partial charge in [-0.3, -0.25) is 4.98 Å². The molecule has 1 amide bonds. The van der Waals surface area contributed by atoms with Crippen molar-refractivity contribution < 1.29 is 14.3 Å². The Bertz CT molecular complexity index is 1050. The summed E-state index contributed by atoms with van der Waals surface area (Å²) in [4.78, 5) is 21.5. The molecule has 0 aliphatic carbocycles. The fourth-order valence-corrected chi connectivity index (χ4v) is 3.91. The van der Waals surface area contributed by atoms with Crippen LogP contribution >= 0.6 is 0 Å². The van der Waals surface area contributed by atoms with Crippen LogP contribution in [-0.2, 0) is 7.05 Å². The lowest BCUT2D eigenvalue weighted by Crippen LogP contribution is -2.40. The number of nitrogens with one attached hydrogen (secondary N) is 1. The molecule has 146 valence electrons. The quantitative estimate of drug-likeness (QED) is 0.597. The van der Waals surface area contributed by atoms with Gasteiger partial charge in [-0.2, -0.15) is 0 Å². The average Bonchev–Trinajstić information content (AvgIpc) is 3.25. The summed E-state index contributed by atoms with van der Waals surface area (Å²) in [5, 5.41) is 11.4. The lowest BCUT2D eigenvalue weighted by atomic mass is 10.1. The smallest absolute Gasteiger partial charge is 0.404 e. The number of halogens is 1. The van der Waals surface area contributed by atoms with Crippen molar-refractivity contribution in [2.24, 2.45) is 7.05 Å². The number of pyridine rings is 1. The SMILES string of the molecule is Cn1c(-c2ccncc2F)nc2c(N3CCCC3CNC(=O)O)c(N)ccc21. The summed E-state index contributed by atoms with van der Waals surface area (Å²) in [6.07, 6.45) is 3.43. The zero-order chi connectivity index (χ0) is 19.8. The maximum Gasteiger partial charge on any atom is 0.404 e. The normalized spacial score (nSPS) is 16.6. The van der Waals surface area contributed by atoms with Gasteiger partial charge in [0.2, 0.25) is 0 Å². The number of aryl methyl sites for hydroxylation is 1. The van der Waals surface area contributed by atoms with E-state index in [0.717, 1.165) is 36.8 Å². The maximum atomic E-state index is 14.3. The molecule has 0 bridgehead atoms. The molecular weight excluding hydrogens is 363 g/mol. The Kier molecular flexibility index (Phi) is 4.50. The van der Waals surface area contributed by atoms with Crippen LogP contribution in [0.3, 0.4) is 0 Å². The Balaban J connectivity index is 1.83. The van der Waals surface area contributed by atoms with E-state index in [1.54, 1.807) is 6.07 Å². The standard InChI is InChI=1S/C19H21FN6O2/c1-25-15-5-4-14(21)17(26-8-2-3-11(26)9-23-19(27)28)16(15)24-18(25)12-6-7-22-10-13(12)20/h4-7,10-11,23H,2-3,8-9,21H2,1H3,(H,27,28). The van der Waals surface area contributed by atoms with E-state index in [-0.39, 0.29) is 6.04 Å². The number of imidazole rings is 1. The lowest BCUT2D eigenvalue weighted by Gasteiger charge is -2.28. The van der Waals surface area contributed by atoms with Crippen LogP contribution < -0.4 is 16.0 Å². The number of aromatic nitrogens is 3. The number of hydrogen-bond donors (Lipinski definition) is 3. The largest absolute Gasteiger partial charge is 0.465 e. The number of rotatable bonds is 4. The van der Waals surface area contributed by atoms with Crippen LogP contribution in [0.25, 0.3) is 22.4 Å². The first-order valence-corrected chi connectivity index (χ1v) is 9.05. The van der Waals surface area contributed by atoms with Gasteiger partial charge < -0.3 is 25.6 Å². The highest BCUT2D eigenvalue weighted by Gasteiger charge is 2.29. The minimum absolute atomic E-state index is 0.00730. The van der Waals surface area contributed by atoms with Crippen LogP contribution in [0.4, 0.5) is 20.6 Å². The van der Waals surface area contributed by atoms with Gasteiger partial charge in [0, 0.05) is 32.4 Å². The van der Waals surface area contributed by atoms with Crippen LogP contribution in [0.5, 0.6) is 0 Å². The fourth-order valence-electron chi connectivity index (χ4n) is 3.91. The highest BCUT2D eigenvalue weighted by Crippen LogP contribution is 2.38. The highest BCUT2D eigenvalue weighted by atomic mass is 19.1. The Labute approximate surface area is 160 Å². The molecule has 1 aliphatic heterocycles. The molecule has 1 unspecified atom stereocenters. The first-order valence-electron chi connectivity index (χ1n) is 9.05. The van der Waals surface area contributed by atoms with Crippen molar-refractivity contribution in [3.05, 3.63) is 36.4 Å². The summed E-state index contributed by atoms with van der Waals surface area (Å²) in [7, 11) is 1.83. The summed E-state index contributed by atoms with van der Waals surface area (Å²) >= 11 is 0. The van der Waals surface area contributed by atoms with Crippen LogP contribution in [0, 0.1) is 5.82 Å². The summed E-state index contributed by atoms with van der Waals surface area (Å²) in [6, 6.07) is 5.26. The van der Waals surface area contributed by atoms with Crippen LogP contribution in [-0.4, -0.2) is 44.9 Å². The number of anilines is 2. The number of carbonyl (C=O) groups is 1. The molecular formula is C19H21FN6O2. The molecule has 3 aromatic rings. The number of benzene rings is 1. The molecule has 0 radical (unpaired) electrons. The molecule has 9 heteroatoms. The van der Waals surface area contributed by atoms with Crippen LogP contribution in [0.1, 0.15) is 12.8 Å². The third-order valence-corrected chi connectivity index (χ3v) is 5.22. The van der Waals surface area contributed by atoms with Gasteiger partial charge in [-0.25, -0.2) is 14.2 Å². The number of nitrogens with zero attached hydrogens (tertiary/aromatic N) is 4. The molecule has 0 saturated carbocycles. The number of amides is 1. The zero-order valence-electron chi connectivity index (χ0n) is 15.4. The zero-order valence-corrected chi connectivity index (χ0v) is 15.4. The number of fused-ring (bicyclic) bond motifs is 1. The van der Waals surface area contributed by atoms with Crippen molar-refractivity contribution in [2.45, 2.75) is 18.9 Å². The number of carboxylic acid groups (broad SMARTS) is 1. The van der Waals surface area contributed by atoms with E-state index in [9.17, 15) is 9.18 Å². The van der Waals surface area contributed by atoms with Crippen molar-refractivity contribution in [1.29, 1.82) is 0 Å². The van der Waals surface area contributed by atoms with Gasteiger partial charge in [0.25, 0.3) is 0 Å². The minimum Gasteiger partial charge on any atom is -0.465 e. The molecule has 1 atom stereocenters. The molecule has 4 N–H and O–H groups in total. The number of hydrogen-bond acceptors (Lipinski definition) is 5. The summed E-state index contributed by atoms with van der Waals surface area (Å²) in [5.74, 6) is 0.0429. The van der Waals surface area contributed by atoms with Crippen molar-refractivity contribution in [3.63, 3.8) is 0 Å². The topological polar surface area (TPSA) is 109 Å². The monoisotopic (exact) mass is 384 g/mol. The Morgan fingerprint density at radius 1 is 1.43 bits per heavy atom. The van der Waals surface area contributed by atoms with E-state index in [0.29, 0.717) is 29.1 Å². The fraction of sp³-hybridized carbons (Fsp3) is 0.316. The molecule has 1 aromatic carbocycles. The van der Waals surface area contributed by atoms with E-state index < -0.39 is 11.9 Å². The maximum absolute atomic E-state index is 14.3. The predicted octanol–water partition coefficient (Wildman–Crippen LogP) is 2.59. The van der Waals surface area contributed by atoms with E-state index in [1.165, 1.54) is 6.20 Å². The number of nitrogen functional groups attached to an aromatic ring is 1. The lowest BCUT2D eigenvalue weighted by molar-refractivity contribution is 0.193. The summed E-state index contributed by atoms with van der Waals surface area (Å²) in [6.45, 7) is 1.06. The van der Waals surface area contributed by atoms with Gasteiger partial charge in [-0.1, -0.05) is 0 Å². The minimum atomic E-state index is -1.05. The van der Waals surface area contributed by atoms with Gasteiger partial charge in [-0.05, 0) is 31.0 Å². The molecule has 3 heterocycles. The van der Waals surface area contributed by atoms with Gasteiger partial charge in [-0.15, -0.1) is 0 Å². The first kappa shape index (κ1) is 18.0. The molecule has 0 spiro atoms. The summed E-state index contributed by atoms with van der Waals surface area (Å²) in [5.41, 5.74) is 9.50.